The van der Waals surface area contributed by atoms with E-state index in [4.69, 9.17) is 33.7 Å². The van der Waals surface area contributed by atoms with Gasteiger partial charge in [0.1, 0.15) is 17.4 Å². The molecule has 0 fully saturated rings. The van der Waals surface area contributed by atoms with Gasteiger partial charge in [0.15, 0.2) is 0 Å². The van der Waals surface area contributed by atoms with Crippen molar-refractivity contribution in [1.82, 2.24) is 4.98 Å². The average molecular weight is 289 g/mol. The molecule has 0 amide bonds. The number of benzene rings is 1. The van der Waals surface area contributed by atoms with Crippen molar-refractivity contribution in [2.24, 2.45) is 5.73 Å². The van der Waals surface area contributed by atoms with Crippen LogP contribution in [-0.2, 0) is 13.2 Å². The van der Waals surface area contributed by atoms with Crippen LogP contribution in [0.3, 0.4) is 0 Å². The predicted molar refractivity (Wildman–Crippen MR) is 70.8 cm³/mol. The van der Waals surface area contributed by atoms with E-state index in [9.17, 15) is 0 Å². The van der Waals surface area contributed by atoms with E-state index in [0.717, 1.165) is 10.7 Å². The Balaban J connectivity index is 2.02. The molecule has 0 spiro atoms. The molecular formula is C11H10Cl2N2OS. The molecule has 0 atom stereocenters. The molecule has 1 aromatic carbocycles. The molecule has 0 aliphatic heterocycles. The molecule has 1 heterocycles. The Morgan fingerprint density at radius 1 is 1.35 bits per heavy atom. The van der Waals surface area contributed by atoms with Gasteiger partial charge in [0.05, 0.1) is 10.7 Å². The number of nitrogens with zero attached hydrogens (tertiary/aromatic N) is 1. The largest absolute Gasteiger partial charge is 0.486 e. The molecule has 1 aromatic heterocycles. The Bertz CT molecular complexity index is 516. The Morgan fingerprint density at radius 3 is 2.82 bits per heavy atom. The van der Waals surface area contributed by atoms with Crippen molar-refractivity contribution in [3.8, 4) is 5.75 Å². The maximum Gasteiger partial charge on any atom is 0.138 e. The summed E-state index contributed by atoms with van der Waals surface area (Å²) >= 11 is 13.3. The lowest BCUT2D eigenvalue weighted by Crippen LogP contribution is -1.99. The van der Waals surface area contributed by atoms with E-state index in [-0.39, 0.29) is 0 Å². The number of rotatable bonds is 4. The summed E-state index contributed by atoms with van der Waals surface area (Å²) in [6, 6.07) is 5.11. The van der Waals surface area contributed by atoms with E-state index >= 15 is 0 Å². The van der Waals surface area contributed by atoms with Crippen molar-refractivity contribution in [3.63, 3.8) is 0 Å². The molecule has 6 heteroatoms. The Kier molecular flexibility index (Phi) is 4.23. The summed E-state index contributed by atoms with van der Waals surface area (Å²) in [7, 11) is 0. The summed E-state index contributed by atoms with van der Waals surface area (Å²) in [5, 5.41) is 3.89. The second-order valence-electron chi connectivity index (χ2n) is 3.30. The summed E-state index contributed by atoms with van der Waals surface area (Å²) < 4.78 is 5.55. The number of hydrogen-bond acceptors (Lipinski definition) is 4. The van der Waals surface area contributed by atoms with Crippen LogP contribution >= 0.6 is 34.5 Å². The predicted octanol–water partition coefficient (Wildman–Crippen LogP) is 3.49. The molecule has 90 valence electrons. The number of halogens is 2. The summed E-state index contributed by atoms with van der Waals surface area (Å²) in [5.41, 5.74) is 6.33. The van der Waals surface area contributed by atoms with E-state index in [2.05, 4.69) is 4.98 Å². The maximum absolute atomic E-state index is 5.98. The quantitative estimate of drug-likeness (QED) is 0.937. The van der Waals surface area contributed by atoms with Crippen LogP contribution in [0, 0.1) is 0 Å². The minimum Gasteiger partial charge on any atom is -0.486 e. The van der Waals surface area contributed by atoms with E-state index in [0.29, 0.717) is 28.9 Å². The lowest BCUT2D eigenvalue weighted by atomic mass is 10.3. The highest BCUT2D eigenvalue weighted by atomic mass is 35.5. The highest BCUT2D eigenvalue weighted by molar-refractivity contribution is 7.09. The summed E-state index contributed by atoms with van der Waals surface area (Å²) in [6.45, 7) is 0.824. The van der Waals surface area contributed by atoms with Crippen molar-refractivity contribution in [3.05, 3.63) is 44.3 Å². The Hall–Kier alpha value is -0.810. The summed E-state index contributed by atoms with van der Waals surface area (Å²) in [4.78, 5) is 4.29. The second kappa shape index (κ2) is 5.69. The molecule has 0 radical (unpaired) electrons. The van der Waals surface area contributed by atoms with Gasteiger partial charge >= 0.3 is 0 Å². The monoisotopic (exact) mass is 288 g/mol. The van der Waals surface area contributed by atoms with Crippen LogP contribution in [0.15, 0.2) is 23.6 Å². The fraction of sp³-hybridized carbons (Fsp3) is 0.182. The van der Waals surface area contributed by atoms with Crippen LogP contribution in [0.25, 0.3) is 0 Å². The van der Waals surface area contributed by atoms with Gasteiger partial charge in [0, 0.05) is 16.9 Å². The second-order valence-corrected chi connectivity index (χ2v) is 5.09. The third-order valence-electron chi connectivity index (χ3n) is 2.04. The number of aromatic nitrogens is 1. The van der Waals surface area contributed by atoms with E-state index < -0.39 is 0 Å². The minimum atomic E-state index is 0.373. The first-order valence-electron chi connectivity index (χ1n) is 4.90. The zero-order valence-electron chi connectivity index (χ0n) is 8.82. The van der Waals surface area contributed by atoms with E-state index in [1.807, 2.05) is 5.38 Å². The topological polar surface area (TPSA) is 48.1 Å². The van der Waals surface area contributed by atoms with Crippen LogP contribution in [0.2, 0.25) is 10.0 Å². The van der Waals surface area contributed by atoms with Crippen molar-refractivity contribution < 1.29 is 4.74 Å². The van der Waals surface area contributed by atoms with Gasteiger partial charge in [-0.05, 0) is 18.2 Å². The zero-order valence-corrected chi connectivity index (χ0v) is 11.1. The SMILES string of the molecule is NCc1nc(COc2ccc(Cl)cc2Cl)cs1. The fourth-order valence-electron chi connectivity index (χ4n) is 1.25. The highest BCUT2D eigenvalue weighted by Gasteiger charge is 2.05. The normalized spacial score (nSPS) is 10.5. The van der Waals surface area contributed by atoms with Crippen LogP contribution < -0.4 is 10.5 Å². The molecule has 0 aliphatic rings. The van der Waals surface area contributed by atoms with Gasteiger partial charge in [-0.2, -0.15) is 0 Å². The lowest BCUT2D eigenvalue weighted by Gasteiger charge is -2.06. The maximum atomic E-state index is 5.98. The van der Waals surface area contributed by atoms with Crippen molar-refractivity contribution in [2.75, 3.05) is 0 Å². The zero-order chi connectivity index (χ0) is 12.3. The first kappa shape index (κ1) is 12.6. The molecule has 0 unspecified atom stereocenters. The minimum absolute atomic E-state index is 0.373. The number of ether oxygens (including phenoxy) is 1. The molecule has 0 saturated carbocycles. The van der Waals surface area contributed by atoms with Crippen LogP contribution in [0.4, 0.5) is 0 Å². The molecule has 2 aromatic rings. The molecule has 0 bridgehead atoms. The molecule has 0 aliphatic carbocycles. The van der Waals surface area contributed by atoms with Gasteiger partial charge < -0.3 is 10.5 Å². The van der Waals surface area contributed by atoms with Crippen LogP contribution in [0.1, 0.15) is 10.7 Å². The summed E-state index contributed by atoms with van der Waals surface area (Å²) in [5.74, 6) is 0.596. The molecule has 2 N–H and O–H groups in total. The van der Waals surface area contributed by atoms with Crippen molar-refractivity contribution in [2.45, 2.75) is 13.2 Å². The van der Waals surface area contributed by atoms with Gasteiger partial charge in [0.25, 0.3) is 0 Å². The highest BCUT2D eigenvalue weighted by Crippen LogP contribution is 2.28. The third-order valence-corrected chi connectivity index (χ3v) is 3.49. The molecule has 0 saturated heterocycles. The van der Waals surface area contributed by atoms with Crippen molar-refractivity contribution >= 4 is 34.5 Å². The standard InChI is InChI=1S/C11H10Cl2N2OS/c12-7-1-2-10(9(13)3-7)16-5-8-6-17-11(4-14)15-8/h1-3,6H,4-5,14H2. The van der Waals surface area contributed by atoms with Crippen LogP contribution in [0.5, 0.6) is 5.75 Å². The third kappa shape index (κ3) is 3.33. The molecule has 2 rings (SSSR count). The lowest BCUT2D eigenvalue weighted by molar-refractivity contribution is 0.302. The Labute approximate surface area is 113 Å². The smallest absolute Gasteiger partial charge is 0.138 e. The van der Waals surface area contributed by atoms with Gasteiger partial charge in [-0.15, -0.1) is 11.3 Å². The van der Waals surface area contributed by atoms with Crippen molar-refractivity contribution in [1.29, 1.82) is 0 Å². The molecule has 17 heavy (non-hydrogen) atoms. The van der Waals surface area contributed by atoms with Gasteiger partial charge in [0.2, 0.25) is 0 Å². The van der Waals surface area contributed by atoms with Gasteiger partial charge in [-0.3, -0.25) is 0 Å². The number of thiazole rings is 1. The van der Waals surface area contributed by atoms with Crippen LogP contribution in [-0.4, -0.2) is 4.98 Å². The van der Waals surface area contributed by atoms with E-state index in [1.165, 1.54) is 11.3 Å². The van der Waals surface area contributed by atoms with Gasteiger partial charge in [-0.1, -0.05) is 23.2 Å². The average Bonchev–Trinajstić information content (AvgIpc) is 2.76. The molecule has 3 nitrogen and oxygen atoms in total. The fourth-order valence-corrected chi connectivity index (χ4v) is 2.37. The van der Waals surface area contributed by atoms with E-state index in [1.54, 1.807) is 18.2 Å². The first-order chi connectivity index (χ1) is 8.19. The molecular weight excluding hydrogens is 279 g/mol. The summed E-state index contributed by atoms with van der Waals surface area (Å²) in [6.07, 6.45) is 0. The first-order valence-corrected chi connectivity index (χ1v) is 6.54. The number of nitrogens with two attached hydrogens (primary N) is 1. The number of hydrogen-bond donors (Lipinski definition) is 1. The Morgan fingerprint density at radius 2 is 2.18 bits per heavy atom. The van der Waals surface area contributed by atoms with Gasteiger partial charge in [-0.25, -0.2) is 4.98 Å².